The zero-order valence-corrected chi connectivity index (χ0v) is 10.7. The van der Waals surface area contributed by atoms with Gasteiger partial charge in [-0.25, -0.2) is 0 Å². The summed E-state index contributed by atoms with van der Waals surface area (Å²) in [5, 5.41) is 8.91. The van der Waals surface area contributed by atoms with E-state index in [0.29, 0.717) is 5.75 Å². The van der Waals surface area contributed by atoms with Crippen LogP contribution in [0.4, 0.5) is 0 Å². The number of hydrogen-bond acceptors (Lipinski definition) is 3. The third-order valence-electron chi connectivity index (χ3n) is 2.28. The van der Waals surface area contributed by atoms with Gasteiger partial charge in [0.05, 0.1) is 11.6 Å². The van der Waals surface area contributed by atoms with Crippen molar-refractivity contribution in [2.45, 2.75) is 18.9 Å². The molecule has 3 N–H and O–H groups in total. The normalized spacial score (nSPS) is 14.2. The lowest BCUT2D eigenvalue weighted by molar-refractivity contribution is -0.142. The van der Waals surface area contributed by atoms with Gasteiger partial charge in [-0.2, -0.15) is 0 Å². The Bertz CT molecular complexity index is 404. The van der Waals surface area contributed by atoms with Gasteiger partial charge in [-0.15, -0.1) is 0 Å². The molecule has 0 bridgehead atoms. The highest BCUT2D eigenvalue weighted by Gasteiger charge is 2.28. The molecule has 0 aliphatic carbocycles. The predicted octanol–water partition coefficient (Wildman–Crippen LogP) is 1.80. The Balaban J connectivity index is 2.91. The van der Waals surface area contributed by atoms with E-state index in [1.165, 1.54) is 6.92 Å². The minimum absolute atomic E-state index is 0.269. The Hall–Kier alpha value is -1.07. The number of benzene rings is 1. The lowest BCUT2D eigenvalue weighted by Gasteiger charge is -2.19. The lowest BCUT2D eigenvalue weighted by atomic mass is 9.94. The predicted molar refractivity (Wildman–Crippen MR) is 64.6 cm³/mol. The van der Waals surface area contributed by atoms with Gasteiger partial charge < -0.3 is 15.6 Å². The molecule has 1 rings (SSSR count). The molecule has 0 aliphatic rings. The van der Waals surface area contributed by atoms with Gasteiger partial charge in [0.2, 0.25) is 0 Å². The molecule has 0 fully saturated rings. The lowest BCUT2D eigenvalue weighted by Crippen LogP contribution is -2.46. The molecule has 5 heteroatoms. The van der Waals surface area contributed by atoms with Crippen molar-refractivity contribution in [2.75, 3.05) is 7.11 Å². The second kappa shape index (κ2) is 4.84. The van der Waals surface area contributed by atoms with Crippen LogP contribution in [-0.4, -0.2) is 23.7 Å². The third-order valence-corrected chi connectivity index (χ3v) is 2.90. The molecule has 16 heavy (non-hydrogen) atoms. The van der Waals surface area contributed by atoms with E-state index in [2.05, 4.69) is 15.9 Å². The molecule has 1 aromatic rings. The van der Waals surface area contributed by atoms with Crippen LogP contribution in [0.1, 0.15) is 12.5 Å². The van der Waals surface area contributed by atoms with E-state index in [0.717, 1.165) is 10.0 Å². The molecule has 88 valence electrons. The maximum Gasteiger partial charge on any atom is 0.323 e. The first-order valence-corrected chi connectivity index (χ1v) is 5.51. The molecule has 1 atom stereocenters. The molecule has 0 saturated carbocycles. The van der Waals surface area contributed by atoms with Crippen molar-refractivity contribution in [1.29, 1.82) is 0 Å². The van der Waals surface area contributed by atoms with Crippen LogP contribution in [0.15, 0.2) is 22.7 Å². The van der Waals surface area contributed by atoms with Gasteiger partial charge in [-0.1, -0.05) is 6.07 Å². The van der Waals surface area contributed by atoms with E-state index in [-0.39, 0.29) is 6.42 Å². The van der Waals surface area contributed by atoms with E-state index < -0.39 is 11.5 Å². The van der Waals surface area contributed by atoms with Gasteiger partial charge in [0.1, 0.15) is 11.3 Å². The van der Waals surface area contributed by atoms with E-state index in [4.69, 9.17) is 15.6 Å². The minimum atomic E-state index is -1.26. The maximum absolute atomic E-state index is 10.9. The number of carboxylic acids is 1. The first-order chi connectivity index (χ1) is 7.36. The summed E-state index contributed by atoms with van der Waals surface area (Å²) < 4.78 is 5.87. The molecule has 0 spiro atoms. The van der Waals surface area contributed by atoms with Crippen molar-refractivity contribution < 1.29 is 14.6 Å². The SMILES string of the molecule is COc1ccc(C[C@@](C)(N)C(=O)O)cc1Br. The fraction of sp³-hybridized carbons (Fsp3) is 0.364. The van der Waals surface area contributed by atoms with Gasteiger partial charge >= 0.3 is 5.97 Å². The monoisotopic (exact) mass is 287 g/mol. The van der Waals surface area contributed by atoms with Crippen LogP contribution in [0.2, 0.25) is 0 Å². The summed E-state index contributed by atoms with van der Waals surface area (Å²) in [5.41, 5.74) is 5.26. The Labute approximate surface area is 103 Å². The summed E-state index contributed by atoms with van der Waals surface area (Å²) in [6.07, 6.45) is 0.269. The van der Waals surface area contributed by atoms with Crippen LogP contribution in [0.25, 0.3) is 0 Å². The number of rotatable bonds is 4. The van der Waals surface area contributed by atoms with Gasteiger partial charge in [0.15, 0.2) is 0 Å². The Morgan fingerprint density at radius 2 is 2.25 bits per heavy atom. The maximum atomic E-state index is 10.9. The van der Waals surface area contributed by atoms with Gasteiger partial charge in [-0.05, 0) is 40.5 Å². The summed E-state index contributed by atoms with van der Waals surface area (Å²) in [6.45, 7) is 1.49. The number of aliphatic carboxylic acids is 1. The summed E-state index contributed by atoms with van der Waals surface area (Å²) in [7, 11) is 1.57. The zero-order chi connectivity index (χ0) is 12.3. The number of methoxy groups -OCH3 is 1. The summed E-state index contributed by atoms with van der Waals surface area (Å²) in [4.78, 5) is 10.9. The van der Waals surface area contributed by atoms with Crippen molar-refractivity contribution in [3.63, 3.8) is 0 Å². The first kappa shape index (κ1) is 13.0. The Kier molecular flexibility index (Phi) is 3.93. The average molecular weight is 288 g/mol. The number of nitrogens with two attached hydrogens (primary N) is 1. The van der Waals surface area contributed by atoms with Gasteiger partial charge in [0, 0.05) is 6.42 Å². The molecule has 0 aromatic heterocycles. The number of carboxylic acid groups (broad SMARTS) is 1. The number of halogens is 1. The van der Waals surface area contributed by atoms with E-state index in [1.807, 2.05) is 6.07 Å². The van der Waals surface area contributed by atoms with Crippen molar-refractivity contribution in [1.82, 2.24) is 0 Å². The van der Waals surface area contributed by atoms with Crippen LogP contribution >= 0.6 is 15.9 Å². The van der Waals surface area contributed by atoms with Crippen LogP contribution in [0.3, 0.4) is 0 Å². The van der Waals surface area contributed by atoms with Crippen LogP contribution < -0.4 is 10.5 Å². The summed E-state index contributed by atoms with van der Waals surface area (Å²) >= 11 is 3.34. The van der Waals surface area contributed by atoms with Crippen LogP contribution in [0, 0.1) is 0 Å². The molecule has 0 radical (unpaired) electrons. The molecule has 0 unspecified atom stereocenters. The van der Waals surface area contributed by atoms with Crippen molar-refractivity contribution in [3.05, 3.63) is 28.2 Å². The zero-order valence-electron chi connectivity index (χ0n) is 9.16. The van der Waals surface area contributed by atoms with Crippen molar-refractivity contribution >= 4 is 21.9 Å². The second-order valence-corrected chi connectivity index (χ2v) is 4.72. The van der Waals surface area contributed by atoms with E-state index in [9.17, 15) is 4.79 Å². The van der Waals surface area contributed by atoms with Crippen LogP contribution in [-0.2, 0) is 11.2 Å². The van der Waals surface area contributed by atoms with E-state index >= 15 is 0 Å². The van der Waals surface area contributed by atoms with Gasteiger partial charge in [0.25, 0.3) is 0 Å². The standard InChI is InChI=1S/C11H14BrNO3/c1-11(13,10(14)15)6-7-3-4-9(16-2)8(12)5-7/h3-5H,6,13H2,1-2H3,(H,14,15)/t11-/m1/s1. The minimum Gasteiger partial charge on any atom is -0.496 e. The Morgan fingerprint density at radius 1 is 1.62 bits per heavy atom. The number of ether oxygens (including phenoxy) is 1. The highest BCUT2D eigenvalue weighted by molar-refractivity contribution is 9.10. The molecular formula is C11H14BrNO3. The molecule has 0 heterocycles. The quantitative estimate of drug-likeness (QED) is 0.886. The largest absolute Gasteiger partial charge is 0.496 e. The van der Waals surface area contributed by atoms with Crippen molar-refractivity contribution in [2.24, 2.45) is 5.73 Å². The Morgan fingerprint density at radius 3 is 2.69 bits per heavy atom. The first-order valence-electron chi connectivity index (χ1n) is 4.71. The molecular weight excluding hydrogens is 274 g/mol. The second-order valence-electron chi connectivity index (χ2n) is 3.87. The highest BCUT2D eigenvalue weighted by atomic mass is 79.9. The summed E-state index contributed by atoms with van der Waals surface area (Å²) in [6, 6.07) is 5.39. The van der Waals surface area contributed by atoms with Crippen molar-refractivity contribution in [3.8, 4) is 5.75 Å². The molecule has 0 saturated heterocycles. The van der Waals surface area contributed by atoms with Gasteiger partial charge in [-0.3, -0.25) is 4.79 Å². The molecule has 0 amide bonds. The fourth-order valence-electron chi connectivity index (χ4n) is 1.32. The van der Waals surface area contributed by atoms with Crippen LogP contribution in [0.5, 0.6) is 5.75 Å². The fourth-order valence-corrected chi connectivity index (χ4v) is 1.91. The highest BCUT2D eigenvalue weighted by Crippen LogP contribution is 2.26. The average Bonchev–Trinajstić information content (AvgIpc) is 2.17. The number of carbonyl (C=O) groups is 1. The topological polar surface area (TPSA) is 72.5 Å². The molecule has 4 nitrogen and oxygen atoms in total. The third kappa shape index (κ3) is 2.96. The molecule has 0 aliphatic heterocycles. The molecule has 1 aromatic carbocycles. The number of hydrogen-bond donors (Lipinski definition) is 2. The van der Waals surface area contributed by atoms with E-state index in [1.54, 1.807) is 19.2 Å². The summed E-state index contributed by atoms with van der Waals surface area (Å²) in [5.74, 6) is -0.308. The smallest absolute Gasteiger partial charge is 0.323 e.